The molecule has 0 saturated heterocycles. The molecule has 0 bridgehead atoms. The van der Waals surface area contributed by atoms with Gasteiger partial charge < -0.3 is 9.30 Å². The summed E-state index contributed by atoms with van der Waals surface area (Å²) < 4.78 is 7.74. The molecule has 0 spiro atoms. The van der Waals surface area contributed by atoms with Crippen molar-refractivity contribution in [3.63, 3.8) is 0 Å². The van der Waals surface area contributed by atoms with Crippen molar-refractivity contribution in [2.75, 3.05) is 7.11 Å². The number of nitrogens with zero attached hydrogens (tertiary/aromatic N) is 3. The molecule has 21 heavy (non-hydrogen) atoms. The van der Waals surface area contributed by atoms with Crippen molar-refractivity contribution in [2.24, 2.45) is 0 Å². The molecule has 1 aliphatic carbocycles. The number of methoxy groups -OCH3 is 1. The van der Waals surface area contributed by atoms with Crippen LogP contribution in [-0.4, -0.2) is 16.7 Å². The van der Waals surface area contributed by atoms with Crippen LogP contribution in [-0.2, 0) is 0 Å². The zero-order valence-electron chi connectivity index (χ0n) is 11.5. The van der Waals surface area contributed by atoms with E-state index in [1.165, 1.54) is 12.8 Å². The highest BCUT2D eigenvalue weighted by Crippen LogP contribution is 2.44. The summed E-state index contributed by atoms with van der Waals surface area (Å²) in [4.78, 5) is 5.83. The molecule has 104 valence electrons. The first-order chi connectivity index (χ1) is 10.3. The molecule has 1 aromatic carbocycles. The van der Waals surface area contributed by atoms with Crippen molar-refractivity contribution >= 4 is 22.4 Å². The van der Waals surface area contributed by atoms with Crippen LogP contribution in [0.4, 0.5) is 0 Å². The highest BCUT2D eigenvalue weighted by molar-refractivity contribution is 7.13. The van der Waals surface area contributed by atoms with Crippen molar-refractivity contribution in [2.45, 2.75) is 18.9 Å². The number of aromatic nitrogens is 2. The molecule has 0 aliphatic heterocycles. The van der Waals surface area contributed by atoms with Crippen LogP contribution in [0.3, 0.4) is 0 Å². The second kappa shape index (κ2) is 4.61. The van der Waals surface area contributed by atoms with Crippen LogP contribution in [0.1, 0.15) is 24.4 Å². The number of thiophene rings is 1. The van der Waals surface area contributed by atoms with Crippen LogP contribution >= 0.6 is 11.3 Å². The standard InChI is InChI=1S/C16H13N3OS/c1-20-14-6-7-21-15(14)16-18-12-8-10(9-17)2-5-13(12)19(16)11-3-4-11/h2,5-8,11H,3-4H2,1H3. The van der Waals surface area contributed by atoms with Gasteiger partial charge in [0, 0.05) is 6.04 Å². The molecular weight excluding hydrogens is 282 g/mol. The number of ether oxygens (including phenoxy) is 1. The average molecular weight is 295 g/mol. The van der Waals surface area contributed by atoms with Crippen LogP contribution < -0.4 is 4.74 Å². The van der Waals surface area contributed by atoms with Gasteiger partial charge >= 0.3 is 0 Å². The Labute approximate surface area is 126 Å². The van der Waals surface area contributed by atoms with E-state index < -0.39 is 0 Å². The third-order valence-electron chi connectivity index (χ3n) is 3.78. The molecule has 0 radical (unpaired) electrons. The minimum Gasteiger partial charge on any atom is -0.495 e. The lowest BCUT2D eigenvalue weighted by Gasteiger charge is -2.07. The smallest absolute Gasteiger partial charge is 0.155 e. The summed E-state index contributed by atoms with van der Waals surface area (Å²) in [5.74, 6) is 1.81. The average Bonchev–Trinajstić information content (AvgIpc) is 3.12. The topological polar surface area (TPSA) is 50.8 Å². The Hall–Kier alpha value is -2.32. The van der Waals surface area contributed by atoms with Crippen molar-refractivity contribution in [1.29, 1.82) is 5.26 Å². The normalized spacial score (nSPS) is 14.3. The van der Waals surface area contributed by atoms with E-state index in [9.17, 15) is 0 Å². The maximum absolute atomic E-state index is 9.06. The van der Waals surface area contributed by atoms with E-state index in [0.29, 0.717) is 11.6 Å². The lowest BCUT2D eigenvalue weighted by molar-refractivity contribution is 0.417. The number of hydrogen-bond acceptors (Lipinski definition) is 4. The Bertz CT molecular complexity index is 867. The predicted molar refractivity (Wildman–Crippen MR) is 82.6 cm³/mol. The van der Waals surface area contributed by atoms with Crippen LogP contribution in [0.15, 0.2) is 29.6 Å². The highest BCUT2D eigenvalue weighted by atomic mass is 32.1. The maximum atomic E-state index is 9.06. The third kappa shape index (κ3) is 1.91. The molecule has 0 unspecified atom stereocenters. The van der Waals surface area contributed by atoms with E-state index in [-0.39, 0.29) is 0 Å². The van der Waals surface area contributed by atoms with Crippen molar-refractivity contribution in [3.8, 4) is 22.5 Å². The Morgan fingerprint density at radius 2 is 2.24 bits per heavy atom. The third-order valence-corrected chi connectivity index (χ3v) is 4.67. The van der Waals surface area contributed by atoms with Gasteiger partial charge in [0.25, 0.3) is 0 Å². The largest absolute Gasteiger partial charge is 0.495 e. The van der Waals surface area contributed by atoms with Gasteiger partial charge in [-0.1, -0.05) is 0 Å². The van der Waals surface area contributed by atoms with Crippen LogP contribution in [0.25, 0.3) is 21.7 Å². The number of rotatable bonds is 3. The van der Waals surface area contributed by atoms with E-state index in [0.717, 1.165) is 27.5 Å². The van der Waals surface area contributed by atoms with Gasteiger partial charge in [0.1, 0.15) is 10.6 Å². The Balaban J connectivity index is 2.00. The molecule has 1 aliphatic rings. The fraction of sp³-hybridized carbons (Fsp3) is 0.250. The van der Waals surface area contributed by atoms with Crippen LogP contribution in [0.2, 0.25) is 0 Å². The van der Waals surface area contributed by atoms with E-state index in [2.05, 4.69) is 10.6 Å². The predicted octanol–water partition coefficient (Wildman–Crippen LogP) is 3.98. The van der Waals surface area contributed by atoms with Gasteiger partial charge in [0.05, 0.1) is 29.8 Å². The van der Waals surface area contributed by atoms with E-state index in [1.54, 1.807) is 18.4 Å². The lowest BCUT2D eigenvalue weighted by Crippen LogP contribution is -1.97. The molecule has 3 aromatic rings. The number of hydrogen-bond donors (Lipinski definition) is 0. The van der Waals surface area contributed by atoms with Gasteiger partial charge in [-0.15, -0.1) is 11.3 Å². The van der Waals surface area contributed by atoms with E-state index >= 15 is 0 Å². The van der Waals surface area contributed by atoms with Gasteiger partial charge in [-0.05, 0) is 42.5 Å². The second-order valence-electron chi connectivity index (χ2n) is 5.17. The number of nitriles is 1. The van der Waals surface area contributed by atoms with Gasteiger partial charge in [0.15, 0.2) is 5.82 Å². The fourth-order valence-corrected chi connectivity index (χ4v) is 3.50. The number of fused-ring (bicyclic) bond motifs is 1. The van der Waals surface area contributed by atoms with Crippen molar-refractivity contribution in [3.05, 3.63) is 35.2 Å². The Kier molecular flexibility index (Phi) is 2.72. The zero-order valence-corrected chi connectivity index (χ0v) is 12.4. The Morgan fingerprint density at radius 3 is 2.95 bits per heavy atom. The molecule has 4 rings (SSSR count). The van der Waals surface area contributed by atoms with Crippen LogP contribution in [0.5, 0.6) is 5.75 Å². The monoisotopic (exact) mass is 295 g/mol. The van der Waals surface area contributed by atoms with Crippen LogP contribution in [0, 0.1) is 11.3 Å². The SMILES string of the molecule is COc1ccsc1-c1nc2cc(C#N)ccc2n1C1CC1. The molecular formula is C16H13N3OS. The van der Waals surface area contributed by atoms with Gasteiger partial charge in [0.2, 0.25) is 0 Å². The van der Waals surface area contributed by atoms with Crippen molar-refractivity contribution < 1.29 is 4.74 Å². The van der Waals surface area contributed by atoms with Gasteiger partial charge in [-0.25, -0.2) is 4.98 Å². The highest BCUT2D eigenvalue weighted by Gasteiger charge is 2.30. The molecule has 0 amide bonds. The Morgan fingerprint density at radius 1 is 1.38 bits per heavy atom. The summed E-state index contributed by atoms with van der Waals surface area (Å²) >= 11 is 1.64. The summed E-state index contributed by atoms with van der Waals surface area (Å²) in [5, 5.41) is 11.1. The summed E-state index contributed by atoms with van der Waals surface area (Å²) in [7, 11) is 1.68. The fourth-order valence-electron chi connectivity index (χ4n) is 2.65. The summed E-state index contributed by atoms with van der Waals surface area (Å²) in [6.45, 7) is 0. The first-order valence-corrected chi connectivity index (χ1v) is 7.73. The number of imidazole rings is 1. The quantitative estimate of drug-likeness (QED) is 0.734. The molecule has 1 saturated carbocycles. The van der Waals surface area contributed by atoms with E-state index in [1.807, 2.05) is 29.6 Å². The zero-order chi connectivity index (χ0) is 14.4. The summed E-state index contributed by atoms with van der Waals surface area (Å²) in [5.41, 5.74) is 2.63. The number of benzene rings is 1. The minimum absolute atomic E-state index is 0.518. The van der Waals surface area contributed by atoms with E-state index in [4.69, 9.17) is 15.0 Å². The molecule has 1 fully saturated rings. The van der Waals surface area contributed by atoms with Gasteiger partial charge in [-0.3, -0.25) is 0 Å². The first-order valence-electron chi connectivity index (χ1n) is 6.85. The first kappa shape index (κ1) is 12.4. The molecule has 5 heteroatoms. The summed E-state index contributed by atoms with van der Waals surface area (Å²) in [6.07, 6.45) is 2.37. The molecule has 0 N–H and O–H groups in total. The molecule has 2 aromatic heterocycles. The minimum atomic E-state index is 0.518. The summed E-state index contributed by atoms with van der Waals surface area (Å²) in [6, 6.07) is 10.4. The maximum Gasteiger partial charge on any atom is 0.155 e. The molecule has 4 nitrogen and oxygen atoms in total. The van der Waals surface area contributed by atoms with Gasteiger partial charge in [-0.2, -0.15) is 5.26 Å². The molecule has 0 atom stereocenters. The second-order valence-corrected chi connectivity index (χ2v) is 6.09. The lowest BCUT2D eigenvalue weighted by atomic mass is 10.2. The molecule has 2 heterocycles. The van der Waals surface area contributed by atoms with Crippen molar-refractivity contribution in [1.82, 2.24) is 9.55 Å².